The number of aromatic nitrogens is 2. The number of piperidine rings is 1. The van der Waals surface area contributed by atoms with Crippen LogP contribution < -0.4 is 10.6 Å². The zero-order valence-corrected chi connectivity index (χ0v) is 19.9. The Morgan fingerprint density at radius 1 is 1.06 bits per heavy atom. The van der Waals surface area contributed by atoms with Crippen LogP contribution in [0.15, 0.2) is 42.7 Å². The second-order valence-electron chi connectivity index (χ2n) is 8.88. The standard InChI is InChI=1S/C24H34N6O.CH3F/c1-28(23-7-3-2-6-22(23)25)21-5-4-13-30(16-11-21)24(31)20-9-14-29(15-10-20)18-19-8-12-26-27-17-19;1-2/h2-3,6-8,12,17,20-21H,4-5,9-11,13-16,18,25H2,1H3;1H3. The third-order valence-corrected chi connectivity index (χ3v) is 6.86. The van der Waals surface area contributed by atoms with Crippen LogP contribution in [0.2, 0.25) is 0 Å². The quantitative estimate of drug-likeness (QED) is 0.695. The van der Waals surface area contributed by atoms with Crippen LogP contribution in [0.3, 0.4) is 0 Å². The van der Waals surface area contributed by atoms with E-state index in [1.165, 1.54) is 5.56 Å². The molecule has 1 atom stereocenters. The van der Waals surface area contributed by atoms with Crippen molar-refractivity contribution < 1.29 is 9.18 Å². The summed E-state index contributed by atoms with van der Waals surface area (Å²) in [5, 5.41) is 7.80. The highest BCUT2D eigenvalue weighted by Gasteiger charge is 2.30. The minimum Gasteiger partial charge on any atom is -0.397 e. The molecule has 0 spiro atoms. The second-order valence-corrected chi connectivity index (χ2v) is 8.88. The summed E-state index contributed by atoms with van der Waals surface area (Å²) in [6.45, 7) is 4.52. The number of amides is 1. The van der Waals surface area contributed by atoms with Gasteiger partial charge in [0.15, 0.2) is 0 Å². The van der Waals surface area contributed by atoms with Crippen molar-refractivity contribution in [2.45, 2.75) is 44.7 Å². The van der Waals surface area contributed by atoms with Gasteiger partial charge in [-0.3, -0.25) is 14.1 Å². The van der Waals surface area contributed by atoms with Crippen molar-refractivity contribution >= 4 is 17.3 Å². The number of benzene rings is 1. The Bertz CT molecular complexity index is 859. The van der Waals surface area contributed by atoms with Crippen LogP contribution >= 0.6 is 0 Å². The average molecular weight is 457 g/mol. The highest BCUT2D eigenvalue weighted by atomic mass is 19.1. The molecule has 2 fully saturated rings. The molecule has 2 aliphatic heterocycles. The number of anilines is 2. The molecule has 1 aromatic heterocycles. The first-order chi connectivity index (χ1) is 16.1. The number of hydrogen-bond acceptors (Lipinski definition) is 6. The average Bonchev–Trinajstić information content (AvgIpc) is 3.12. The van der Waals surface area contributed by atoms with Gasteiger partial charge in [0.2, 0.25) is 5.91 Å². The van der Waals surface area contributed by atoms with Crippen molar-refractivity contribution in [1.82, 2.24) is 20.0 Å². The SMILES string of the molecule is CF.CN(c1ccccc1N)C1CCCN(C(=O)C2CCN(Cc3ccnnc3)CC2)CC1. The van der Waals surface area contributed by atoms with Gasteiger partial charge in [0, 0.05) is 44.8 Å². The number of nitrogens with zero attached hydrogens (tertiary/aromatic N) is 5. The lowest BCUT2D eigenvalue weighted by Crippen LogP contribution is -2.43. The minimum atomic E-state index is 0.158. The number of carbonyl (C=O) groups excluding carboxylic acids is 1. The van der Waals surface area contributed by atoms with Gasteiger partial charge >= 0.3 is 0 Å². The van der Waals surface area contributed by atoms with Crippen LogP contribution in [-0.4, -0.2) is 72.4 Å². The maximum atomic E-state index is 13.2. The maximum absolute atomic E-state index is 13.2. The molecule has 1 unspecified atom stereocenters. The Morgan fingerprint density at radius 2 is 1.82 bits per heavy atom. The lowest BCUT2D eigenvalue weighted by molar-refractivity contribution is -0.137. The van der Waals surface area contributed by atoms with E-state index in [1.54, 1.807) is 6.20 Å². The van der Waals surface area contributed by atoms with Crippen LogP contribution in [0.4, 0.5) is 15.8 Å². The molecule has 2 N–H and O–H groups in total. The minimum absolute atomic E-state index is 0.158. The molecular formula is C25H37FN6O. The van der Waals surface area contributed by atoms with Gasteiger partial charge in [-0.15, -0.1) is 0 Å². The summed E-state index contributed by atoms with van der Waals surface area (Å²) in [5.41, 5.74) is 9.27. The largest absolute Gasteiger partial charge is 0.397 e. The molecule has 3 heterocycles. The fourth-order valence-corrected chi connectivity index (χ4v) is 4.96. The predicted molar refractivity (Wildman–Crippen MR) is 131 cm³/mol. The van der Waals surface area contributed by atoms with Gasteiger partial charge in [-0.1, -0.05) is 12.1 Å². The Kier molecular flexibility index (Phi) is 9.42. The van der Waals surface area contributed by atoms with E-state index in [2.05, 4.69) is 38.0 Å². The zero-order chi connectivity index (χ0) is 23.6. The molecular weight excluding hydrogens is 419 g/mol. The maximum Gasteiger partial charge on any atom is 0.225 e. The zero-order valence-electron chi connectivity index (χ0n) is 19.9. The van der Waals surface area contributed by atoms with Gasteiger partial charge in [-0.25, -0.2) is 0 Å². The smallest absolute Gasteiger partial charge is 0.225 e. The van der Waals surface area contributed by atoms with E-state index in [-0.39, 0.29) is 5.92 Å². The fraction of sp³-hybridized carbons (Fsp3) is 0.560. The van der Waals surface area contributed by atoms with E-state index in [4.69, 9.17) is 5.73 Å². The molecule has 0 aliphatic carbocycles. The Morgan fingerprint density at radius 3 is 2.52 bits per heavy atom. The monoisotopic (exact) mass is 456 g/mol. The van der Waals surface area contributed by atoms with Crippen molar-refractivity contribution in [3.8, 4) is 0 Å². The summed E-state index contributed by atoms with van der Waals surface area (Å²) < 4.78 is 9.50. The molecule has 8 heteroatoms. The number of halogens is 1. The van der Waals surface area contributed by atoms with E-state index in [1.807, 2.05) is 30.5 Å². The highest BCUT2D eigenvalue weighted by Crippen LogP contribution is 2.28. The molecule has 0 saturated carbocycles. The normalized spacial score (nSPS) is 19.8. The molecule has 2 saturated heterocycles. The van der Waals surface area contributed by atoms with Crippen molar-refractivity contribution in [3.05, 3.63) is 48.3 Å². The molecule has 0 radical (unpaired) electrons. The third-order valence-electron chi connectivity index (χ3n) is 6.86. The Hall–Kier alpha value is -2.74. The summed E-state index contributed by atoms with van der Waals surface area (Å²) >= 11 is 0. The highest BCUT2D eigenvalue weighted by molar-refractivity contribution is 5.79. The molecule has 33 heavy (non-hydrogen) atoms. The van der Waals surface area contributed by atoms with E-state index < -0.39 is 0 Å². The molecule has 1 aromatic carbocycles. The van der Waals surface area contributed by atoms with Crippen molar-refractivity contribution in [2.24, 2.45) is 5.92 Å². The number of nitrogen functional groups attached to an aromatic ring is 1. The van der Waals surface area contributed by atoms with Crippen molar-refractivity contribution in [2.75, 3.05) is 51.0 Å². The number of likely N-dealkylation sites (tertiary alicyclic amines) is 2. The fourth-order valence-electron chi connectivity index (χ4n) is 4.96. The molecule has 1 amide bonds. The molecule has 0 bridgehead atoms. The second kappa shape index (κ2) is 12.5. The van der Waals surface area contributed by atoms with Gasteiger partial charge in [0.25, 0.3) is 0 Å². The topological polar surface area (TPSA) is 78.6 Å². The van der Waals surface area contributed by atoms with Gasteiger partial charge < -0.3 is 15.5 Å². The predicted octanol–water partition coefficient (Wildman–Crippen LogP) is 3.37. The van der Waals surface area contributed by atoms with Gasteiger partial charge in [0.1, 0.15) is 0 Å². The van der Waals surface area contributed by atoms with Crippen LogP contribution in [0, 0.1) is 5.92 Å². The number of nitrogens with two attached hydrogens (primary N) is 1. The summed E-state index contributed by atoms with van der Waals surface area (Å²) in [4.78, 5) is 20.1. The third kappa shape index (κ3) is 6.63. The van der Waals surface area contributed by atoms with Crippen LogP contribution in [0.1, 0.15) is 37.7 Å². The van der Waals surface area contributed by atoms with Crippen LogP contribution in [0.25, 0.3) is 0 Å². The first-order valence-corrected chi connectivity index (χ1v) is 11.8. The summed E-state index contributed by atoms with van der Waals surface area (Å²) in [6.07, 6.45) is 8.57. The summed E-state index contributed by atoms with van der Waals surface area (Å²) in [7, 11) is 2.63. The number of para-hydroxylation sites is 2. The number of carbonyl (C=O) groups is 1. The van der Waals surface area contributed by atoms with Crippen LogP contribution in [-0.2, 0) is 11.3 Å². The summed E-state index contributed by atoms with van der Waals surface area (Å²) in [5.74, 6) is 0.513. The summed E-state index contributed by atoms with van der Waals surface area (Å²) in [6, 6.07) is 10.5. The number of hydrogen-bond donors (Lipinski definition) is 1. The molecule has 2 aromatic rings. The van der Waals surface area contributed by atoms with Gasteiger partial charge in [0.05, 0.1) is 24.7 Å². The molecule has 180 valence electrons. The number of alkyl halides is 1. The van der Waals surface area contributed by atoms with E-state index in [0.29, 0.717) is 19.1 Å². The Labute approximate surface area is 196 Å². The van der Waals surface area contributed by atoms with Gasteiger partial charge in [-0.2, -0.15) is 10.2 Å². The first kappa shape index (κ1) is 24.9. The van der Waals surface area contributed by atoms with Crippen molar-refractivity contribution in [1.29, 1.82) is 0 Å². The van der Waals surface area contributed by atoms with Crippen LogP contribution in [0.5, 0.6) is 0 Å². The number of rotatable bonds is 5. The van der Waals surface area contributed by atoms with Gasteiger partial charge in [-0.05, 0) is 69.0 Å². The van der Waals surface area contributed by atoms with E-state index in [9.17, 15) is 9.18 Å². The van der Waals surface area contributed by atoms with E-state index in [0.717, 1.165) is 76.2 Å². The molecule has 2 aliphatic rings. The first-order valence-electron chi connectivity index (χ1n) is 11.8. The van der Waals surface area contributed by atoms with Crippen molar-refractivity contribution in [3.63, 3.8) is 0 Å². The lowest BCUT2D eigenvalue weighted by Gasteiger charge is -2.34. The molecule has 7 nitrogen and oxygen atoms in total. The molecule has 4 rings (SSSR count). The lowest BCUT2D eigenvalue weighted by atomic mass is 9.95. The Balaban J connectivity index is 0.00000149. The van der Waals surface area contributed by atoms with E-state index >= 15 is 0 Å².